The van der Waals surface area contributed by atoms with Crippen molar-refractivity contribution in [2.45, 2.75) is 97.1 Å². The molecule has 0 aromatic carbocycles. The van der Waals surface area contributed by atoms with Crippen LogP contribution in [0.3, 0.4) is 0 Å². The minimum atomic E-state index is -0.633. The number of hydrogen-bond acceptors (Lipinski definition) is 7. The van der Waals surface area contributed by atoms with Crippen molar-refractivity contribution in [3.05, 3.63) is 17.0 Å². The van der Waals surface area contributed by atoms with Gasteiger partial charge in [-0.1, -0.05) is 31.6 Å². The van der Waals surface area contributed by atoms with Crippen molar-refractivity contribution in [3.63, 3.8) is 0 Å². The number of rotatable bonds is 7. The van der Waals surface area contributed by atoms with Crippen molar-refractivity contribution in [1.82, 2.24) is 15.3 Å². The van der Waals surface area contributed by atoms with E-state index in [1.165, 1.54) is 0 Å². The van der Waals surface area contributed by atoms with E-state index in [4.69, 9.17) is 25.8 Å². The van der Waals surface area contributed by atoms with Crippen LogP contribution in [0.1, 0.15) is 78.7 Å². The van der Waals surface area contributed by atoms with Gasteiger partial charge in [-0.2, -0.15) is 4.98 Å². The quantitative estimate of drug-likeness (QED) is 0.325. The van der Waals surface area contributed by atoms with Gasteiger partial charge in [-0.25, -0.2) is 9.78 Å². The predicted octanol–water partition coefficient (Wildman–Crippen LogP) is 4.91. The fraction of sp³-hybridized carbons (Fsp3) is 0.708. The van der Waals surface area contributed by atoms with Crippen molar-refractivity contribution < 1.29 is 19.0 Å². The molecule has 0 aliphatic heterocycles. The van der Waals surface area contributed by atoms with Gasteiger partial charge in [0.1, 0.15) is 11.4 Å². The Kier molecular flexibility index (Phi) is 11.2. The van der Waals surface area contributed by atoms with E-state index >= 15 is 0 Å². The first-order valence-corrected chi connectivity index (χ1v) is 12.1. The summed E-state index contributed by atoms with van der Waals surface area (Å²) in [6.07, 6.45) is 6.61. The van der Waals surface area contributed by atoms with E-state index in [2.05, 4.69) is 32.4 Å². The third kappa shape index (κ3) is 10.2. The van der Waals surface area contributed by atoms with Crippen molar-refractivity contribution in [1.29, 1.82) is 0 Å². The average molecular weight is 481 g/mol. The highest BCUT2D eigenvalue weighted by Crippen LogP contribution is 2.23. The Morgan fingerprint density at radius 3 is 2.39 bits per heavy atom. The standard InChI is InChI=1S/C24H37ClN4O4/c1-6-31-20(32-7-2)15-14-17-16-26-22(25)29-21(17)27-18-12-10-8-9-11-13-19(18)28-23(30)33-24(3,4)5/h16,18-20H,6-13H2,1-5H3,(H,28,30)(H,26,27,29). The van der Waals surface area contributed by atoms with Crippen molar-refractivity contribution in [2.24, 2.45) is 0 Å². The first-order chi connectivity index (χ1) is 15.7. The monoisotopic (exact) mass is 480 g/mol. The van der Waals surface area contributed by atoms with Gasteiger partial charge in [0.05, 0.1) is 11.6 Å². The lowest BCUT2D eigenvalue weighted by Gasteiger charge is -2.32. The third-order valence-electron chi connectivity index (χ3n) is 5.01. The van der Waals surface area contributed by atoms with E-state index in [0.717, 1.165) is 38.5 Å². The smallest absolute Gasteiger partial charge is 0.407 e. The summed E-state index contributed by atoms with van der Waals surface area (Å²) in [5, 5.41) is 6.65. The molecular formula is C24H37ClN4O4. The van der Waals surface area contributed by atoms with Gasteiger partial charge in [0.2, 0.25) is 11.6 Å². The molecule has 2 N–H and O–H groups in total. The van der Waals surface area contributed by atoms with Crippen molar-refractivity contribution in [3.8, 4) is 11.8 Å². The van der Waals surface area contributed by atoms with Crippen LogP contribution in [-0.4, -0.2) is 53.2 Å². The Balaban J connectivity index is 2.25. The Morgan fingerprint density at radius 2 is 1.79 bits per heavy atom. The molecule has 2 atom stereocenters. The summed E-state index contributed by atoms with van der Waals surface area (Å²) >= 11 is 6.10. The SMILES string of the molecule is CCOC(C#Cc1cnc(Cl)nc1NC1CCCCCCC1NC(=O)OC(C)(C)C)OCC. The number of ether oxygens (including phenoxy) is 3. The zero-order chi connectivity index (χ0) is 24.3. The summed E-state index contributed by atoms with van der Waals surface area (Å²) < 4.78 is 16.5. The summed E-state index contributed by atoms with van der Waals surface area (Å²) in [5.41, 5.74) is 0.0248. The van der Waals surface area contributed by atoms with Crippen LogP contribution in [-0.2, 0) is 14.2 Å². The highest BCUT2D eigenvalue weighted by atomic mass is 35.5. The van der Waals surface area contributed by atoms with Crippen LogP contribution in [0.25, 0.3) is 0 Å². The van der Waals surface area contributed by atoms with Gasteiger partial charge < -0.3 is 24.8 Å². The molecule has 1 aliphatic rings. The van der Waals surface area contributed by atoms with Crippen LogP contribution in [0.2, 0.25) is 5.28 Å². The number of amides is 1. The molecular weight excluding hydrogens is 444 g/mol. The Labute approximate surface area is 202 Å². The maximum absolute atomic E-state index is 12.5. The maximum Gasteiger partial charge on any atom is 0.407 e. The summed E-state index contributed by atoms with van der Waals surface area (Å²) in [5.74, 6) is 6.56. The summed E-state index contributed by atoms with van der Waals surface area (Å²) in [6, 6.07) is -0.173. The lowest BCUT2D eigenvalue weighted by molar-refractivity contribution is -0.0969. The van der Waals surface area contributed by atoms with Gasteiger partial charge in [0.25, 0.3) is 0 Å². The zero-order valence-corrected chi connectivity index (χ0v) is 21.1. The highest BCUT2D eigenvalue weighted by Gasteiger charge is 2.27. The van der Waals surface area contributed by atoms with Gasteiger partial charge in [0.15, 0.2) is 0 Å². The summed E-state index contributed by atoms with van der Waals surface area (Å²) in [4.78, 5) is 21.0. The molecule has 9 heteroatoms. The largest absolute Gasteiger partial charge is 0.444 e. The minimum absolute atomic E-state index is 0.0566. The second-order valence-electron chi connectivity index (χ2n) is 8.91. The van der Waals surface area contributed by atoms with Crippen LogP contribution < -0.4 is 10.6 Å². The Hall–Kier alpha value is -2.08. The van der Waals surface area contributed by atoms with Crippen LogP contribution in [0.15, 0.2) is 6.20 Å². The summed E-state index contributed by atoms with van der Waals surface area (Å²) in [7, 11) is 0. The molecule has 0 saturated heterocycles. The number of nitrogens with zero attached hydrogens (tertiary/aromatic N) is 2. The second-order valence-corrected chi connectivity index (χ2v) is 9.25. The normalized spacial score (nSPS) is 19.1. The van der Waals surface area contributed by atoms with Gasteiger partial charge in [0, 0.05) is 25.5 Å². The molecule has 1 fully saturated rings. The Bertz CT molecular complexity index is 813. The molecule has 8 nitrogen and oxygen atoms in total. The number of aromatic nitrogens is 2. The molecule has 1 amide bonds. The molecule has 1 saturated carbocycles. The van der Waals surface area contributed by atoms with Gasteiger partial charge >= 0.3 is 6.09 Å². The molecule has 1 aromatic rings. The lowest BCUT2D eigenvalue weighted by Crippen LogP contribution is -2.48. The van der Waals surface area contributed by atoms with Crippen LogP contribution in [0, 0.1) is 11.8 Å². The first-order valence-electron chi connectivity index (χ1n) is 11.7. The molecule has 2 rings (SSSR count). The molecule has 0 radical (unpaired) electrons. The van der Waals surface area contributed by atoms with Crippen molar-refractivity contribution in [2.75, 3.05) is 18.5 Å². The molecule has 2 unspecified atom stereocenters. The molecule has 33 heavy (non-hydrogen) atoms. The van der Waals surface area contributed by atoms with Crippen LogP contribution >= 0.6 is 11.6 Å². The highest BCUT2D eigenvalue weighted by molar-refractivity contribution is 6.28. The average Bonchev–Trinajstić information content (AvgIpc) is 2.71. The van der Waals surface area contributed by atoms with Crippen molar-refractivity contribution >= 4 is 23.5 Å². The minimum Gasteiger partial charge on any atom is -0.444 e. The molecule has 0 bridgehead atoms. The maximum atomic E-state index is 12.5. The van der Waals surface area contributed by atoms with Gasteiger partial charge in [-0.05, 0) is 65.0 Å². The number of alkyl carbamates (subject to hydrolysis) is 1. The van der Waals surface area contributed by atoms with E-state index in [0.29, 0.717) is 24.6 Å². The summed E-state index contributed by atoms with van der Waals surface area (Å²) in [6.45, 7) is 10.3. The number of halogens is 1. The molecule has 1 aliphatic carbocycles. The number of hydrogen-bond donors (Lipinski definition) is 2. The van der Waals surface area contributed by atoms with E-state index in [1.54, 1.807) is 6.20 Å². The molecule has 1 aromatic heterocycles. The topological polar surface area (TPSA) is 94.6 Å². The van der Waals surface area contributed by atoms with Crippen LogP contribution in [0.4, 0.5) is 10.6 Å². The van der Waals surface area contributed by atoms with E-state index < -0.39 is 18.0 Å². The number of anilines is 1. The third-order valence-corrected chi connectivity index (χ3v) is 5.19. The first kappa shape index (κ1) is 27.2. The lowest BCUT2D eigenvalue weighted by atomic mass is 9.92. The Morgan fingerprint density at radius 1 is 1.15 bits per heavy atom. The van der Waals surface area contributed by atoms with E-state index in [1.807, 2.05) is 34.6 Å². The van der Waals surface area contributed by atoms with E-state index in [-0.39, 0.29) is 17.4 Å². The number of carbonyl (C=O) groups excluding carboxylic acids is 1. The van der Waals surface area contributed by atoms with E-state index in [9.17, 15) is 4.79 Å². The van der Waals surface area contributed by atoms with Gasteiger partial charge in [-0.3, -0.25) is 0 Å². The number of carbonyl (C=O) groups is 1. The zero-order valence-electron chi connectivity index (χ0n) is 20.4. The molecule has 0 spiro atoms. The molecule has 1 heterocycles. The second kappa shape index (κ2) is 13.6. The number of nitrogens with one attached hydrogen (secondary N) is 2. The fourth-order valence-electron chi connectivity index (χ4n) is 3.60. The molecule has 184 valence electrons. The predicted molar refractivity (Wildman–Crippen MR) is 129 cm³/mol. The van der Waals surface area contributed by atoms with Crippen LogP contribution in [0.5, 0.6) is 0 Å². The van der Waals surface area contributed by atoms with Gasteiger partial charge in [-0.15, -0.1) is 0 Å². The fourth-order valence-corrected chi connectivity index (χ4v) is 3.73.